The molecule has 1 aromatic rings. The Hall–Kier alpha value is -0.760. The quantitative estimate of drug-likeness (QED) is 0.624. The van der Waals surface area contributed by atoms with E-state index in [2.05, 4.69) is 31.8 Å². The maximum absolute atomic E-state index is 6.00. The first-order valence-electron chi connectivity index (χ1n) is 7.28. The number of halogens is 1. The Balaban J connectivity index is 2.70. The average Bonchev–Trinajstić information content (AvgIpc) is 2.38. The Labute approximate surface area is 122 Å². The molecule has 0 aliphatic rings. The van der Waals surface area contributed by atoms with Gasteiger partial charge in [0.25, 0.3) is 0 Å². The molecular formula is C16H26ClNO. The van der Waals surface area contributed by atoms with Crippen LogP contribution in [-0.2, 0) is 5.88 Å². The Bertz CT molecular complexity index is 393. The van der Waals surface area contributed by atoms with Gasteiger partial charge in [-0.1, -0.05) is 33.1 Å². The highest BCUT2D eigenvalue weighted by Crippen LogP contribution is 2.24. The molecule has 1 atom stereocenters. The van der Waals surface area contributed by atoms with E-state index in [9.17, 15) is 0 Å². The molecule has 3 heteroatoms. The first kappa shape index (κ1) is 16.3. The van der Waals surface area contributed by atoms with E-state index in [1.807, 2.05) is 6.92 Å². The monoisotopic (exact) mass is 283 g/mol. The van der Waals surface area contributed by atoms with Crippen LogP contribution >= 0.6 is 11.6 Å². The van der Waals surface area contributed by atoms with Gasteiger partial charge in [0.15, 0.2) is 0 Å². The van der Waals surface area contributed by atoms with Crippen LogP contribution in [0.3, 0.4) is 0 Å². The highest BCUT2D eigenvalue weighted by molar-refractivity contribution is 6.17. The summed E-state index contributed by atoms with van der Waals surface area (Å²) in [4.78, 5) is 4.48. The second-order valence-corrected chi connectivity index (χ2v) is 5.49. The van der Waals surface area contributed by atoms with Crippen LogP contribution in [0.15, 0.2) is 6.07 Å². The zero-order valence-corrected chi connectivity index (χ0v) is 13.4. The topological polar surface area (TPSA) is 22.1 Å². The number of alkyl halides is 1. The molecule has 0 aliphatic heterocycles. The van der Waals surface area contributed by atoms with E-state index in [1.165, 1.54) is 24.8 Å². The van der Waals surface area contributed by atoms with E-state index < -0.39 is 0 Å². The maximum atomic E-state index is 6.00. The lowest BCUT2D eigenvalue weighted by Crippen LogP contribution is -2.13. The van der Waals surface area contributed by atoms with Crippen molar-refractivity contribution in [3.05, 3.63) is 22.9 Å². The summed E-state index contributed by atoms with van der Waals surface area (Å²) in [5.74, 6) is 1.80. The molecule has 0 fully saturated rings. The summed E-state index contributed by atoms with van der Waals surface area (Å²) in [7, 11) is 0. The summed E-state index contributed by atoms with van der Waals surface area (Å²) in [5.41, 5.74) is 3.18. The normalized spacial score (nSPS) is 12.5. The van der Waals surface area contributed by atoms with Crippen molar-refractivity contribution in [1.82, 2.24) is 4.98 Å². The molecule has 0 amide bonds. The van der Waals surface area contributed by atoms with Crippen molar-refractivity contribution < 1.29 is 4.74 Å². The van der Waals surface area contributed by atoms with Crippen LogP contribution in [0, 0.1) is 19.8 Å². The Kier molecular flexibility index (Phi) is 7.22. The fourth-order valence-corrected chi connectivity index (χ4v) is 2.53. The van der Waals surface area contributed by atoms with Crippen LogP contribution in [-0.4, -0.2) is 11.6 Å². The van der Waals surface area contributed by atoms with Gasteiger partial charge in [0.05, 0.1) is 12.5 Å². The predicted octanol–water partition coefficient (Wildman–Crippen LogP) is 5.03. The van der Waals surface area contributed by atoms with E-state index in [1.54, 1.807) is 0 Å². The highest BCUT2D eigenvalue weighted by atomic mass is 35.5. The van der Waals surface area contributed by atoms with Crippen molar-refractivity contribution in [2.75, 3.05) is 6.61 Å². The number of aryl methyl sites for hydroxylation is 2. The highest BCUT2D eigenvalue weighted by Gasteiger charge is 2.12. The second-order valence-electron chi connectivity index (χ2n) is 5.23. The Morgan fingerprint density at radius 3 is 2.63 bits per heavy atom. The fourth-order valence-electron chi connectivity index (χ4n) is 2.21. The molecule has 0 saturated heterocycles. The molecule has 19 heavy (non-hydrogen) atoms. The van der Waals surface area contributed by atoms with Crippen molar-refractivity contribution >= 4 is 11.6 Å². The zero-order valence-electron chi connectivity index (χ0n) is 12.6. The third-order valence-electron chi connectivity index (χ3n) is 3.57. The van der Waals surface area contributed by atoms with Gasteiger partial charge in [-0.25, -0.2) is 4.98 Å². The van der Waals surface area contributed by atoms with Crippen LogP contribution in [0.25, 0.3) is 0 Å². The van der Waals surface area contributed by atoms with Crippen LogP contribution in [0.5, 0.6) is 5.88 Å². The summed E-state index contributed by atoms with van der Waals surface area (Å²) < 4.78 is 5.94. The van der Waals surface area contributed by atoms with Gasteiger partial charge in [-0.3, -0.25) is 0 Å². The van der Waals surface area contributed by atoms with Crippen molar-refractivity contribution in [2.45, 2.75) is 59.3 Å². The molecule has 0 radical (unpaired) electrons. The van der Waals surface area contributed by atoms with Crippen LogP contribution in [0.4, 0.5) is 0 Å². The second kappa shape index (κ2) is 8.42. The number of aromatic nitrogens is 1. The molecule has 0 saturated carbocycles. The van der Waals surface area contributed by atoms with Crippen molar-refractivity contribution in [3.63, 3.8) is 0 Å². The van der Waals surface area contributed by atoms with Gasteiger partial charge in [-0.2, -0.15) is 0 Å². The standard InChI is InChI=1S/C16H26ClNO/c1-5-7-8-14(6-2)11-19-16-15(10-17)12(3)9-13(4)18-16/h9,14H,5-8,10-11H2,1-4H3. The average molecular weight is 284 g/mol. The number of unbranched alkanes of at least 4 members (excludes halogenated alkanes) is 1. The van der Waals surface area contributed by atoms with Gasteiger partial charge in [0, 0.05) is 11.3 Å². The molecule has 1 unspecified atom stereocenters. The van der Waals surface area contributed by atoms with Crippen LogP contribution < -0.4 is 4.74 Å². The molecule has 2 nitrogen and oxygen atoms in total. The van der Waals surface area contributed by atoms with Gasteiger partial charge in [-0.15, -0.1) is 11.6 Å². The number of rotatable bonds is 8. The molecule has 0 aliphatic carbocycles. The van der Waals surface area contributed by atoms with Crippen molar-refractivity contribution in [3.8, 4) is 5.88 Å². The van der Waals surface area contributed by atoms with Gasteiger partial charge in [0.1, 0.15) is 0 Å². The predicted molar refractivity (Wildman–Crippen MR) is 82.1 cm³/mol. The van der Waals surface area contributed by atoms with Crippen LogP contribution in [0.2, 0.25) is 0 Å². The lowest BCUT2D eigenvalue weighted by molar-refractivity contribution is 0.224. The van der Waals surface area contributed by atoms with Crippen molar-refractivity contribution in [1.29, 1.82) is 0 Å². The largest absolute Gasteiger partial charge is 0.477 e. The lowest BCUT2D eigenvalue weighted by Gasteiger charge is -2.17. The fraction of sp³-hybridized carbons (Fsp3) is 0.688. The summed E-state index contributed by atoms with van der Waals surface area (Å²) in [6.07, 6.45) is 4.89. The summed E-state index contributed by atoms with van der Waals surface area (Å²) in [5, 5.41) is 0. The van der Waals surface area contributed by atoms with E-state index in [0.717, 1.165) is 30.2 Å². The third-order valence-corrected chi connectivity index (χ3v) is 3.84. The number of hydrogen-bond donors (Lipinski definition) is 0. The zero-order chi connectivity index (χ0) is 14.3. The third kappa shape index (κ3) is 5.02. The molecule has 0 spiro atoms. The van der Waals surface area contributed by atoms with E-state index in [4.69, 9.17) is 16.3 Å². The minimum atomic E-state index is 0.459. The SMILES string of the molecule is CCCCC(CC)COc1nc(C)cc(C)c1CCl. The number of hydrogen-bond acceptors (Lipinski definition) is 2. The van der Waals surface area contributed by atoms with E-state index in [0.29, 0.717) is 11.8 Å². The molecule has 0 N–H and O–H groups in total. The Morgan fingerprint density at radius 1 is 1.32 bits per heavy atom. The molecule has 108 valence electrons. The van der Waals surface area contributed by atoms with Crippen LogP contribution in [0.1, 0.15) is 56.4 Å². The lowest BCUT2D eigenvalue weighted by atomic mass is 10.0. The van der Waals surface area contributed by atoms with E-state index >= 15 is 0 Å². The summed E-state index contributed by atoms with van der Waals surface area (Å²) in [6, 6.07) is 2.05. The number of nitrogens with zero attached hydrogens (tertiary/aromatic N) is 1. The molecule has 1 aromatic heterocycles. The smallest absolute Gasteiger partial charge is 0.218 e. The molecule has 0 bridgehead atoms. The Morgan fingerprint density at radius 2 is 2.05 bits per heavy atom. The van der Waals surface area contributed by atoms with Crippen molar-refractivity contribution in [2.24, 2.45) is 5.92 Å². The number of pyridine rings is 1. The van der Waals surface area contributed by atoms with Gasteiger partial charge >= 0.3 is 0 Å². The molecular weight excluding hydrogens is 258 g/mol. The minimum Gasteiger partial charge on any atom is -0.477 e. The minimum absolute atomic E-state index is 0.459. The summed E-state index contributed by atoms with van der Waals surface area (Å²) >= 11 is 6.00. The first-order valence-corrected chi connectivity index (χ1v) is 7.81. The summed E-state index contributed by atoms with van der Waals surface area (Å²) in [6.45, 7) is 9.25. The molecule has 0 aromatic carbocycles. The van der Waals surface area contributed by atoms with Gasteiger partial charge in [-0.05, 0) is 37.8 Å². The van der Waals surface area contributed by atoms with Gasteiger partial charge < -0.3 is 4.74 Å². The molecule has 1 rings (SSSR count). The molecule has 1 heterocycles. The van der Waals surface area contributed by atoms with Gasteiger partial charge in [0.2, 0.25) is 5.88 Å². The first-order chi connectivity index (χ1) is 9.12. The number of ether oxygens (including phenoxy) is 1. The van der Waals surface area contributed by atoms with E-state index in [-0.39, 0.29) is 0 Å². The maximum Gasteiger partial charge on any atom is 0.218 e.